The molecule has 1 heterocycles. The maximum absolute atomic E-state index is 10.7. The first-order valence-corrected chi connectivity index (χ1v) is 6.13. The van der Waals surface area contributed by atoms with Gasteiger partial charge in [-0.1, -0.05) is 11.6 Å². The van der Waals surface area contributed by atoms with Crippen LogP contribution in [-0.4, -0.2) is 36.5 Å². The van der Waals surface area contributed by atoms with Gasteiger partial charge >= 0.3 is 15.6 Å². The SMILES string of the molecule is CCN1C=CC=C(C)C1.O=S(=O)(O)C(F)(F)F. The summed E-state index contributed by atoms with van der Waals surface area (Å²) in [7, 11) is -5.84. The third kappa shape index (κ3) is 6.32. The Labute approximate surface area is 98.2 Å². The van der Waals surface area contributed by atoms with Crippen molar-refractivity contribution < 1.29 is 26.1 Å². The number of alkyl halides is 3. The van der Waals surface area contributed by atoms with Crippen LogP contribution in [0.4, 0.5) is 13.2 Å². The molecule has 0 saturated heterocycles. The molecule has 0 aromatic rings. The monoisotopic (exact) mass is 273 g/mol. The van der Waals surface area contributed by atoms with Gasteiger partial charge in [-0.15, -0.1) is 0 Å². The Hall–Kier alpha value is -1.02. The second kappa shape index (κ2) is 6.06. The zero-order valence-corrected chi connectivity index (χ0v) is 10.2. The fourth-order valence-electron chi connectivity index (χ4n) is 0.972. The molecule has 8 heteroatoms. The van der Waals surface area contributed by atoms with E-state index in [1.54, 1.807) is 0 Å². The lowest BCUT2D eigenvalue weighted by molar-refractivity contribution is -0.0510. The van der Waals surface area contributed by atoms with Gasteiger partial charge < -0.3 is 4.90 Å². The summed E-state index contributed by atoms with van der Waals surface area (Å²) in [5.74, 6) is 0. The third-order valence-corrected chi connectivity index (χ3v) is 2.41. The first kappa shape index (κ1) is 16.0. The van der Waals surface area contributed by atoms with Crippen molar-refractivity contribution in [2.45, 2.75) is 19.4 Å². The van der Waals surface area contributed by atoms with Gasteiger partial charge in [-0.05, 0) is 26.1 Å². The van der Waals surface area contributed by atoms with Gasteiger partial charge in [0, 0.05) is 13.1 Å². The van der Waals surface area contributed by atoms with Crippen molar-refractivity contribution in [3.8, 4) is 0 Å². The predicted octanol–water partition coefficient (Wildman–Crippen LogP) is 2.18. The zero-order valence-electron chi connectivity index (χ0n) is 9.40. The molecular weight excluding hydrogens is 259 g/mol. The van der Waals surface area contributed by atoms with Crippen LogP contribution in [0.5, 0.6) is 0 Å². The molecule has 0 amide bonds. The number of likely N-dealkylation sites (N-methyl/N-ethyl adjacent to an activating group) is 1. The topological polar surface area (TPSA) is 57.6 Å². The van der Waals surface area contributed by atoms with E-state index in [9.17, 15) is 13.2 Å². The van der Waals surface area contributed by atoms with Gasteiger partial charge in [-0.25, -0.2) is 0 Å². The number of hydrogen-bond acceptors (Lipinski definition) is 3. The predicted molar refractivity (Wildman–Crippen MR) is 57.7 cm³/mol. The first-order chi connectivity index (χ1) is 7.58. The van der Waals surface area contributed by atoms with Gasteiger partial charge in [0.25, 0.3) is 0 Å². The van der Waals surface area contributed by atoms with Crippen LogP contribution in [-0.2, 0) is 10.1 Å². The minimum absolute atomic E-state index is 1.10. The van der Waals surface area contributed by atoms with E-state index < -0.39 is 15.6 Å². The normalized spacial score (nSPS) is 16.1. The summed E-state index contributed by atoms with van der Waals surface area (Å²) in [6, 6.07) is 0. The van der Waals surface area contributed by atoms with Crippen LogP contribution < -0.4 is 0 Å². The lowest BCUT2D eigenvalue weighted by atomic mass is 10.2. The molecule has 0 bridgehead atoms. The van der Waals surface area contributed by atoms with E-state index in [1.165, 1.54) is 5.57 Å². The lowest BCUT2D eigenvalue weighted by Crippen LogP contribution is -2.21. The standard InChI is InChI=1S/C8H13N.CHF3O3S/c1-3-9-6-4-5-8(2)7-9;2-1(3,4)8(5,6)7/h4-6H,3,7H2,1-2H3;(H,5,6,7). The quantitative estimate of drug-likeness (QED) is 0.587. The van der Waals surface area contributed by atoms with Crippen molar-refractivity contribution in [3.05, 3.63) is 23.9 Å². The molecule has 1 aliphatic heterocycles. The minimum atomic E-state index is -5.84. The largest absolute Gasteiger partial charge is 0.522 e. The fraction of sp³-hybridized carbons (Fsp3) is 0.556. The number of allylic oxidation sites excluding steroid dienone is 2. The molecule has 0 saturated carbocycles. The molecule has 1 rings (SSSR count). The molecular formula is C9H14F3NO3S. The Morgan fingerprint density at radius 1 is 1.47 bits per heavy atom. The van der Waals surface area contributed by atoms with E-state index in [4.69, 9.17) is 13.0 Å². The van der Waals surface area contributed by atoms with Crippen LogP contribution in [0.3, 0.4) is 0 Å². The molecule has 0 atom stereocenters. The fourth-order valence-corrected chi connectivity index (χ4v) is 0.972. The molecule has 0 radical (unpaired) electrons. The van der Waals surface area contributed by atoms with E-state index in [1.807, 2.05) is 0 Å². The Kier molecular flexibility index (Phi) is 5.70. The highest BCUT2D eigenvalue weighted by molar-refractivity contribution is 7.86. The average molecular weight is 273 g/mol. The Morgan fingerprint density at radius 2 is 1.94 bits per heavy atom. The van der Waals surface area contributed by atoms with Crippen molar-refractivity contribution in [3.63, 3.8) is 0 Å². The summed E-state index contributed by atoms with van der Waals surface area (Å²) >= 11 is 0. The Bertz CT molecular complexity index is 398. The van der Waals surface area contributed by atoms with Crippen LogP contribution in [0, 0.1) is 0 Å². The molecule has 0 unspecified atom stereocenters. The summed E-state index contributed by atoms with van der Waals surface area (Å²) < 4.78 is 57.5. The second-order valence-corrected chi connectivity index (χ2v) is 4.75. The van der Waals surface area contributed by atoms with Crippen molar-refractivity contribution in [1.29, 1.82) is 0 Å². The van der Waals surface area contributed by atoms with E-state index >= 15 is 0 Å². The molecule has 0 aromatic carbocycles. The minimum Gasteiger partial charge on any atom is -0.374 e. The van der Waals surface area contributed by atoms with Crippen LogP contribution in [0.25, 0.3) is 0 Å². The molecule has 0 spiro atoms. The van der Waals surface area contributed by atoms with Crippen molar-refractivity contribution in [2.24, 2.45) is 0 Å². The molecule has 1 aliphatic rings. The van der Waals surface area contributed by atoms with Crippen LogP contribution in [0.1, 0.15) is 13.8 Å². The van der Waals surface area contributed by atoms with Crippen LogP contribution >= 0.6 is 0 Å². The van der Waals surface area contributed by atoms with Crippen LogP contribution in [0.15, 0.2) is 23.9 Å². The van der Waals surface area contributed by atoms with Crippen LogP contribution in [0.2, 0.25) is 0 Å². The van der Waals surface area contributed by atoms with Crippen molar-refractivity contribution >= 4 is 10.1 Å². The third-order valence-electron chi connectivity index (χ3n) is 1.83. The summed E-state index contributed by atoms with van der Waals surface area (Å²) in [4.78, 5) is 2.29. The molecule has 0 aliphatic carbocycles. The molecule has 0 aromatic heterocycles. The number of nitrogens with zero attached hydrogens (tertiary/aromatic N) is 1. The summed E-state index contributed by atoms with van der Waals surface area (Å²) in [5.41, 5.74) is -4.09. The van der Waals surface area contributed by atoms with E-state index in [2.05, 4.69) is 37.1 Å². The highest BCUT2D eigenvalue weighted by Gasteiger charge is 2.44. The average Bonchev–Trinajstić information content (AvgIpc) is 2.15. The summed E-state index contributed by atoms with van der Waals surface area (Å²) in [6.45, 7) is 6.55. The molecule has 100 valence electrons. The number of halogens is 3. The van der Waals surface area contributed by atoms with E-state index in [0.29, 0.717) is 0 Å². The highest BCUT2D eigenvalue weighted by Crippen LogP contribution is 2.20. The van der Waals surface area contributed by atoms with Gasteiger partial charge in [0.05, 0.1) is 0 Å². The summed E-state index contributed by atoms with van der Waals surface area (Å²) in [6.07, 6.45) is 6.39. The molecule has 4 nitrogen and oxygen atoms in total. The molecule has 1 N–H and O–H groups in total. The maximum Gasteiger partial charge on any atom is 0.522 e. The lowest BCUT2D eigenvalue weighted by Gasteiger charge is -2.20. The Balaban J connectivity index is 0.000000304. The van der Waals surface area contributed by atoms with Gasteiger partial charge in [-0.3, -0.25) is 4.55 Å². The first-order valence-electron chi connectivity index (χ1n) is 4.69. The maximum atomic E-state index is 10.7. The molecule has 0 fully saturated rings. The number of rotatable bonds is 1. The second-order valence-electron chi connectivity index (χ2n) is 3.34. The van der Waals surface area contributed by atoms with E-state index in [0.717, 1.165) is 13.1 Å². The Morgan fingerprint density at radius 3 is 2.18 bits per heavy atom. The molecule has 17 heavy (non-hydrogen) atoms. The van der Waals surface area contributed by atoms with Gasteiger partial charge in [0.2, 0.25) is 0 Å². The smallest absolute Gasteiger partial charge is 0.374 e. The van der Waals surface area contributed by atoms with Crippen molar-refractivity contribution in [1.82, 2.24) is 4.90 Å². The van der Waals surface area contributed by atoms with Gasteiger partial charge in [-0.2, -0.15) is 21.6 Å². The zero-order chi connectivity index (χ0) is 13.7. The number of hydrogen-bond donors (Lipinski definition) is 1. The van der Waals surface area contributed by atoms with Gasteiger partial charge in [0.1, 0.15) is 0 Å². The highest BCUT2D eigenvalue weighted by atomic mass is 32.2. The van der Waals surface area contributed by atoms with E-state index in [-0.39, 0.29) is 0 Å². The summed E-state index contributed by atoms with van der Waals surface area (Å²) in [5, 5.41) is 0. The van der Waals surface area contributed by atoms with Gasteiger partial charge in [0.15, 0.2) is 0 Å². The van der Waals surface area contributed by atoms with Crippen molar-refractivity contribution in [2.75, 3.05) is 13.1 Å².